The third-order valence-corrected chi connectivity index (χ3v) is 3.47. The van der Waals surface area contributed by atoms with E-state index in [1.165, 1.54) is 0 Å². The number of aryl methyl sites for hydroxylation is 1. The number of nitrogens with one attached hydrogen (secondary N) is 1. The zero-order valence-corrected chi connectivity index (χ0v) is 13.1. The van der Waals surface area contributed by atoms with Crippen molar-refractivity contribution in [1.29, 1.82) is 0 Å². The summed E-state index contributed by atoms with van der Waals surface area (Å²) in [6, 6.07) is 5.37. The lowest BCUT2D eigenvalue weighted by Crippen LogP contribution is -2.24. The molecule has 3 nitrogen and oxygen atoms in total. The fourth-order valence-electron chi connectivity index (χ4n) is 1.77. The van der Waals surface area contributed by atoms with Gasteiger partial charge in [0.2, 0.25) is 0 Å². The van der Waals surface area contributed by atoms with Crippen molar-refractivity contribution in [2.45, 2.75) is 33.1 Å². The molecule has 0 unspecified atom stereocenters. The van der Waals surface area contributed by atoms with Crippen LogP contribution in [0.25, 0.3) is 0 Å². The van der Waals surface area contributed by atoms with Crippen LogP contribution in [0, 0.1) is 6.92 Å². The van der Waals surface area contributed by atoms with Gasteiger partial charge in [-0.15, -0.1) is 0 Å². The summed E-state index contributed by atoms with van der Waals surface area (Å²) in [5.41, 5.74) is 1.64. The highest BCUT2D eigenvalue weighted by atomic mass is 35.5. The van der Waals surface area contributed by atoms with E-state index < -0.39 is 0 Å². The Hall–Kier alpha value is -0.900. The van der Waals surface area contributed by atoms with Crippen LogP contribution < -0.4 is 5.32 Å². The van der Waals surface area contributed by atoms with Gasteiger partial charge in [0.1, 0.15) is 0 Å². The van der Waals surface area contributed by atoms with Gasteiger partial charge in [0.15, 0.2) is 5.78 Å². The van der Waals surface area contributed by atoms with Crippen LogP contribution in [-0.2, 0) is 4.74 Å². The average Bonchev–Trinajstić information content (AvgIpc) is 2.44. The molecule has 0 radical (unpaired) electrons. The standard InChI is InChI=1S/C16H24ClNO2/c1-3-4-9-20-10-5-8-18-12-16(19)14-6-7-15(17)13(2)11-14/h6-7,11,18H,3-5,8-10,12H2,1-2H3. The molecule has 1 aromatic carbocycles. The third kappa shape index (κ3) is 6.51. The SMILES string of the molecule is CCCCOCCCNCC(=O)c1ccc(Cl)c(C)c1. The van der Waals surface area contributed by atoms with Gasteiger partial charge >= 0.3 is 0 Å². The maximum Gasteiger partial charge on any atom is 0.176 e. The molecular weight excluding hydrogens is 274 g/mol. The number of ketones is 1. The summed E-state index contributed by atoms with van der Waals surface area (Å²) >= 11 is 5.94. The Kier molecular flexibility index (Phi) is 8.51. The number of carbonyl (C=O) groups is 1. The molecule has 0 aliphatic heterocycles. The predicted octanol–water partition coefficient (Wildman–Crippen LogP) is 3.63. The zero-order chi connectivity index (χ0) is 14.8. The van der Waals surface area contributed by atoms with Crippen molar-refractivity contribution in [3.05, 3.63) is 34.3 Å². The first-order valence-corrected chi connectivity index (χ1v) is 7.60. The minimum atomic E-state index is 0.0941. The van der Waals surface area contributed by atoms with Gasteiger partial charge in [-0.25, -0.2) is 0 Å². The van der Waals surface area contributed by atoms with E-state index in [1.807, 2.05) is 13.0 Å². The minimum Gasteiger partial charge on any atom is -0.381 e. The van der Waals surface area contributed by atoms with Gasteiger partial charge in [0.25, 0.3) is 0 Å². The number of carbonyl (C=O) groups excluding carboxylic acids is 1. The second-order valence-corrected chi connectivity index (χ2v) is 5.29. The molecule has 0 saturated heterocycles. The fraction of sp³-hybridized carbons (Fsp3) is 0.562. The first-order chi connectivity index (χ1) is 9.65. The van der Waals surface area contributed by atoms with E-state index in [9.17, 15) is 4.79 Å². The van der Waals surface area contributed by atoms with Gasteiger partial charge in [-0.1, -0.05) is 24.9 Å². The summed E-state index contributed by atoms with van der Waals surface area (Å²) in [4.78, 5) is 11.9. The van der Waals surface area contributed by atoms with E-state index in [2.05, 4.69) is 12.2 Å². The highest BCUT2D eigenvalue weighted by Gasteiger charge is 2.06. The van der Waals surface area contributed by atoms with E-state index >= 15 is 0 Å². The lowest BCUT2D eigenvalue weighted by atomic mass is 10.1. The van der Waals surface area contributed by atoms with Gasteiger partial charge in [0, 0.05) is 23.8 Å². The monoisotopic (exact) mass is 297 g/mol. The van der Waals surface area contributed by atoms with Crippen molar-refractivity contribution in [3.63, 3.8) is 0 Å². The Labute approximate surface area is 126 Å². The van der Waals surface area contributed by atoms with Crippen LogP contribution in [0.15, 0.2) is 18.2 Å². The number of hydrogen-bond acceptors (Lipinski definition) is 3. The molecule has 0 spiro atoms. The summed E-state index contributed by atoms with van der Waals surface area (Å²) in [6.07, 6.45) is 3.20. The number of Topliss-reactive ketones (excluding diaryl/α,β-unsaturated/α-hetero) is 1. The molecule has 1 rings (SSSR count). The molecule has 1 N–H and O–H groups in total. The smallest absolute Gasteiger partial charge is 0.176 e. The molecular formula is C16H24ClNO2. The summed E-state index contributed by atoms with van der Waals surface area (Å²) in [7, 11) is 0. The number of rotatable bonds is 10. The first kappa shape index (κ1) is 17.2. The highest BCUT2D eigenvalue weighted by molar-refractivity contribution is 6.31. The van der Waals surface area contributed by atoms with Crippen molar-refractivity contribution in [2.24, 2.45) is 0 Å². The normalized spacial score (nSPS) is 10.8. The van der Waals surface area contributed by atoms with Gasteiger partial charge in [-0.05, 0) is 50.1 Å². The molecule has 4 heteroatoms. The maximum atomic E-state index is 11.9. The number of ether oxygens (including phenoxy) is 1. The average molecular weight is 298 g/mol. The second-order valence-electron chi connectivity index (χ2n) is 4.88. The predicted molar refractivity (Wildman–Crippen MR) is 83.7 cm³/mol. The summed E-state index contributed by atoms with van der Waals surface area (Å²) in [5.74, 6) is 0.0941. The van der Waals surface area contributed by atoms with E-state index in [4.69, 9.17) is 16.3 Å². The third-order valence-electron chi connectivity index (χ3n) is 3.05. The molecule has 0 saturated carbocycles. The van der Waals surface area contributed by atoms with Gasteiger partial charge in [0.05, 0.1) is 6.54 Å². The lowest BCUT2D eigenvalue weighted by Gasteiger charge is -2.06. The number of halogens is 1. The molecule has 0 heterocycles. The van der Waals surface area contributed by atoms with Crippen LogP contribution in [0.5, 0.6) is 0 Å². The van der Waals surface area contributed by atoms with Crippen LogP contribution in [0.1, 0.15) is 42.1 Å². The molecule has 0 aromatic heterocycles. The Morgan fingerprint density at radius 1 is 1.30 bits per heavy atom. The first-order valence-electron chi connectivity index (χ1n) is 7.23. The van der Waals surface area contributed by atoms with E-state index in [0.717, 1.165) is 44.6 Å². The Morgan fingerprint density at radius 3 is 2.75 bits per heavy atom. The Balaban J connectivity index is 2.15. The van der Waals surface area contributed by atoms with Crippen molar-refractivity contribution in [1.82, 2.24) is 5.32 Å². The second kappa shape index (κ2) is 9.92. The van der Waals surface area contributed by atoms with Crippen LogP contribution in [-0.4, -0.2) is 32.1 Å². The molecule has 0 aliphatic carbocycles. The highest BCUT2D eigenvalue weighted by Crippen LogP contribution is 2.16. The van der Waals surface area contributed by atoms with Crippen LogP contribution in [0.3, 0.4) is 0 Å². The van der Waals surface area contributed by atoms with E-state index in [-0.39, 0.29) is 5.78 Å². The van der Waals surface area contributed by atoms with Crippen LogP contribution >= 0.6 is 11.6 Å². The fourth-order valence-corrected chi connectivity index (χ4v) is 1.89. The van der Waals surface area contributed by atoms with Crippen LogP contribution in [0.4, 0.5) is 0 Å². The summed E-state index contributed by atoms with van der Waals surface area (Å²) in [6.45, 7) is 6.79. The van der Waals surface area contributed by atoms with Gasteiger partial charge < -0.3 is 10.1 Å². The molecule has 20 heavy (non-hydrogen) atoms. The molecule has 0 amide bonds. The van der Waals surface area contributed by atoms with Crippen LogP contribution in [0.2, 0.25) is 5.02 Å². The van der Waals surface area contributed by atoms with Crippen molar-refractivity contribution in [2.75, 3.05) is 26.3 Å². The molecule has 0 atom stereocenters. The van der Waals surface area contributed by atoms with Crippen molar-refractivity contribution < 1.29 is 9.53 Å². The summed E-state index contributed by atoms with van der Waals surface area (Å²) < 4.78 is 5.46. The molecule has 1 aromatic rings. The van der Waals surface area contributed by atoms with Gasteiger partial charge in [-0.2, -0.15) is 0 Å². The zero-order valence-electron chi connectivity index (χ0n) is 12.4. The molecule has 0 fully saturated rings. The van der Waals surface area contributed by atoms with E-state index in [1.54, 1.807) is 12.1 Å². The van der Waals surface area contributed by atoms with Crippen molar-refractivity contribution in [3.8, 4) is 0 Å². The topological polar surface area (TPSA) is 38.3 Å². The van der Waals surface area contributed by atoms with Crippen molar-refractivity contribution >= 4 is 17.4 Å². The quantitative estimate of drug-likeness (QED) is 0.529. The van der Waals surface area contributed by atoms with Gasteiger partial charge in [-0.3, -0.25) is 4.79 Å². The molecule has 0 bridgehead atoms. The molecule has 112 valence electrons. The number of benzene rings is 1. The Bertz CT molecular complexity index is 421. The number of unbranched alkanes of at least 4 members (excludes halogenated alkanes) is 1. The maximum absolute atomic E-state index is 11.9. The molecule has 0 aliphatic rings. The number of hydrogen-bond donors (Lipinski definition) is 1. The summed E-state index contributed by atoms with van der Waals surface area (Å²) in [5, 5.41) is 3.84. The minimum absolute atomic E-state index is 0.0941. The van der Waals surface area contributed by atoms with E-state index in [0.29, 0.717) is 17.1 Å². The lowest BCUT2D eigenvalue weighted by molar-refractivity contribution is 0.0986. The largest absolute Gasteiger partial charge is 0.381 e. The Morgan fingerprint density at radius 2 is 2.05 bits per heavy atom.